The van der Waals surface area contributed by atoms with Crippen LogP contribution in [-0.4, -0.2) is 37.3 Å². The minimum atomic E-state index is 0.0399. The molecule has 0 unspecified atom stereocenters. The molecule has 2 aliphatic rings. The van der Waals surface area contributed by atoms with Gasteiger partial charge in [0.05, 0.1) is 24.7 Å². The number of nitrogens with two attached hydrogens (primary N) is 1. The van der Waals surface area contributed by atoms with Crippen molar-refractivity contribution in [3.8, 4) is 5.75 Å². The summed E-state index contributed by atoms with van der Waals surface area (Å²) in [4.78, 5) is 12.3. The topological polar surface area (TPSA) is 73.6 Å². The van der Waals surface area contributed by atoms with E-state index in [0.717, 1.165) is 30.6 Å². The zero-order chi connectivity index (χ0) is 16.8. The molecular weight excluding hydrogens is 304 g/mol. The number of carbonyl (C=O) groups is 1. The van der Waals surface area contributed by atoms with Crippen LogP contribution in [0.3, 0.4) is 0 Å². The van der Waals surface area contributed by atoms with Gasteiger partial charge in [-0.05, 0) is 37.0 Å². The number of hydrogen-bond donors (Lipinski definition) is 2. The Kier molecular flexibility index (Phi) is 5.74. The molecule has 1 spiro atoms. The molecule has 3 rings (SSSR count). The first-order valence-electron chi connectivity index (χ1n) is 9.04. The highest BCUT2D eigenvalue weighted by molar-refractivity contribution is 5.79. The summed E-state index contributed by atoms with van der Waals surface area (Å²) in [5, 5.41) is 3.14. The van der Waals surface area contributed by atoms with Crippen molar-refractivity contribution in [3.05, 3.63) is 29.8 Å². The summed E-state index contributed by atoms with van der Waals surface area (Å²) in [7, 11) is 0. The SMILES string of the molecule is NCCOc1ccc(CC(=O)N[C@H]2COC3(CCCCC3)C2)cc1. The molecule has 1 aliphatic carbocycles. The predicted octanol–water partition coefficient (Wildman–Crippen LogP) is 2.17. The molecule has 1 saturated carbocycles. The van der Waals surface area contributed by atoms with Gasteiger partial charge >= 0.3 is 0 Å². The fourth-order valence-corrected chi connectivity index (χ4v) is 3.83. The standard InChI is InChI=1S/C19H28N2O3/c20-10-11-23-17-6-4-15(5-7-17)12-18(22)21-16-13-19(24-14-16)8-2-1-3-9-19/h4-7,16H,1-3,8-14,20H2,(H,21,22)/t16-/m1/s1. The van der Waals surface area contributed by atoms with E-state index < -0.39 is 0 Å². The summed E-state index contributed by atoms with van der Waals surface area (Å²) in [5.74, 6) is 0.847. The van der Waals surface area contributed by atoms with E-state index in [0.29, 0.717) is 26.2 Å². The zero-order valence-electron chi connectivity index (χ0n) is 14.3. The highest BCUT2D eigenvalue weighted by Crippen LogP contribution is 2.39. The van der Waals surface area contributed by atoms with Crippen LogP contribution in [0.25, 0.3) is 0 Å². The molecule has 0 aromatic heterocycles. The summed E-state index contributed by atoms with van der Waals surface area (Å²) in [5.41, 5.74) is 6.44. The van der Waals surface area contributed by atoms with E-state index in [1.807, 2.05) is 24.3 Å². The van der Waals surface area contributed by atoms with Crippen LogP contribution in [0, 0.1) is 0 Å². The lowest BCUT2D eigenvalue weighted by molar-refractivity contribution is -0.121. The predicted molar refractivity (Wildman–Crippen MR) is 93.0 cm³/mol. The lowest BCUT2D eigenvalue weighted by atomic mass is 9.82. The van der Waals surface area contributed by atoms with Crippen molar-refractivity contribution in [1.82, 2.24) is 5.32 Å². The molecule has 1 aromatic rings. The van der Waals surface area contributed by atoms with Gasteiger partial charge in [0.2, 0.25) is 5.91 Å². The highest BCUT2D eigenvalue weighted by atomic mass is 16.5. The van der Waals surface area contributed by atoms with Gasteiger partial charge in [0.1, 0.15) is 12.4 Å². The number of hydrogen-bond acceptors (Lipinski definition) is 4. The fourth-order valence-electron chi connectivity index (χ4n) is 3.83. The lowest BCUT2D eigenvalue weighted by Crippen LogP contribution is -2.38. The molecule has 3 N–H and O–H groups in total. The summed E-state index contributed by atoms with van der Waals surface area (Å²) < 4.78 is 11.5. The number of carbonyl (C=O) groups excluding carboxylic acids is 1. The average molecular weight is 332 g/mol. The second kappa shape index (κ2) is 7.99. The maximum atomic E-state index is 12.3. The van der Waals surface area contributed by atoms with Crippen molar-refractivity contribution in [2.24, 2.45) is 5.73 Å². The molecule has 1 saturated heterocycles. The van der Waals surface area contributed by atoms with Crippen LogP contribution in [0.5, 0.6) is 5.75 Å². The van der Waals surface area contributed by atoms with Crippen molar-refractivity contribution in [2.75, 3.05) is 19.8 Å². The van der Waals surface area contributed by atoms with Crippen LogP contribution in [0.15, 0.2) is 24.3 Å². The first kappa shape index (κ1) is 17.2. The lowest BCUT2D eigenvalue weighted by Gasteiger charge is -2.32. The number of ether oxygens (including phenoxy) is 2. The van der Waals surface area contributed by atoms with Crippen LogP contribution in [0.4, 0.5) is 0 Å². The van der Waals surface area contributed by atoms with Crippen molar-refractivity contribution in [1.29, 1.82) is 0 Å². The molecule has 24 heavy (non-hydrogen) atoms. The number of nitrogens with one attached hydrogen (secondary N) is 1. The van der Waals surface area contributed by atoms with Gasteiger partial charge in [0.25, 0.3) is 0 Å². The van der Waals surface area contributed by atoms with Gasteiger partial charge in [-0.15, -0.1) is 0 Å². The maximum absolute atomic E-state index is 12.3. The van der Waals surface area contributed by atoms with E-state index in [1.165, 1.54) is 19.3 Å². The molecule has 1 amide bonds. The third kappa shape index (κ3) is 4.48. The van der Waals surface area contributed by atoms with E-state index >= 15 is 0 Å². The summed E-state index contributed by atoms with van der Waals surface area (Å²) in [6.45, 7) is 1.65. The van der Waals surface area contributed by atoms with E-state index in [2.05, 4.69) is 5.32 Å². The number of rotatable bonds is 6. The Morgan fingerprint density at radius 1 is 1.25 bits per heavy atom. The van der Waals surface area contributed by atoms with Gasteiger partial charge in [0.15, 0.2) is 0 Å². The first-order valence-corrected chi connectivity index (χ1v) is 9.04. The Bertz CT molecular complexity index is 538. The maximum Gasteiger partial charge on any atom is 0.224 e. The van der Waals surface area contributed by atoms with Crippen LogP contribution in [-0.2, 0) is 16.0 Å². The monoisotopic (exact) mass is 332 g/mol. The Labute approximate surface area is 143 Å². The molecular formula is C19H28N2O3. The van der Waals surface area contributed by atoms with Gasteiger partial charge in [-0.1, -0.05) is 31.4 Å². The third-order valence-electron chi connectivity index (χ3n) is 5.01. The van der Waals surface area contributed by atoms with E-state index in [1.54, 1.807) is 0 Å². The Hall–Kier alpha value is -1.59. The van der Waals surface area contributed by atoms with Gasteiger partial charge in [0, 0.05) is 6.54 Å². The van der Waals surface area contributed by atoms with Crippen molar-refractivity contribution in [2.45, 2.75) is 56.6 Å². The molecule has 1 heterocycles. The Balaban J connectivity index is 1.45. The third-order valence-corrected chi connectivity index (χ3v) is 5.01. The van der Waals surface area contributed by atoms with E-state index in [-0.39, 0.29) is 17.6 Å². The number of benzene rings is 1. The molecule has 1 aromatic carbocycles. The second-order valence-corrected chi connectivity index (χ2v) is 6.98. The number of amides is 1. The van der Waals surface area contributed by atoms with Gasteiger partial charge in [-0.2, -0.15) is 0 Å². The molecule has 132 valence electrons. The highest BCUT2D eigenvalue weighted by Gasteiger charge is 2.41. The van der Waals surface area contributed by atoms with Crippen molar-refractivity contribution < 1.29 is 14.3 Å². The van der Waals surface area contributed by atoms with Gasteiger partial charge in [-0.25, -0.2) is 0 Å². The first-order chi connectivity index (χ1) is 11.7. The molecule has 0 radical (unpaired) electrons. The Morgan fingerprint density at radius 3 is 2.71 bits per heavy atom. The van der Waals surface area contributed by atoms with Crippen LogP contribution in [0.1, 0.15) is 44.1 Å². The molecule has 2 fully saturated rings. The van der Waals surface area contributed by atoms with E-state index in [4.69, 9.17) is 15.2 Å². The van der Waals surface area contributed by atoms with Crippen molar-refractivity contribution >= 4 is 5.91 Å². The van der Waals surface area contributed by atoms with Crippen LogP contribution < -0.4 is 15.8 Å². The molecule has 0 bridgehead atoms. The quantitative estimate of drug-likeness (QED) is 0.837. The van der Waals surface area contributed by atoms with Crippen LogP contribution in [0.2, 0.25) is 0 Å². The van der Waals surface area contributed by atoms with E-state index in [9.17, 15) is 4.79 Å². The molecule has 1 atom stereocenters. The zero-order valence-corrected chi connectivity index (χ0v) is 14.3. The smallest absolute Gasteiger partial charge is 0.224 e. The largest absolute Gasteiger partial charge is 0.492 e. The Morgan fingerprint density at radius 2 is 2.00 bits per heavy atom. The van der Waals surface area contributed by atoms with Crippen LogP contribution >= 0.6 is 0 Å². The average Bonchev–Trinajstić information content (AvgIpc) is 2.96. The minimum absolute atomic E-state index is 0.0399. The minimum Gasteiger partial charge on any atom is -0.492 e. The molecule has 5 nitrogen and oxygen atoms in total. The summed E-state index contributed by atoms with van der Waals surface area (Å²) in [6.07, 6.45) is 7.45. The molecule has 5 heteroatoms. The summed E-state index contributed by atoms with van der Waals surface area (Å²) >= 11 is 0. The normalized spacial score (nSPS) is 22.5. The fraction of sp³-hybridized carbons (Fsp3) is 0.632. The van der Waals surface area contributed by atoms with Crippen molar-refractivity contribution in [3.63, 3.8) is 0 Å². The van der Waals surface area contributed by atoms with Gasteiger partial charge in [-0.3, -0.25) is 4.79 Å². The van der Waals surface area contributed by atoms with Gasteiger partial charge < -0.3 is 20.5 Å². The summed E-state index contributed by atoms with van der Waals surface area (Å²) in [6, 6.07) is 7.78. The molecule has 1 aliphatic heterocycles. The second-order valence-electron chi connectivity index (χ2n) is 6.98.